The lowest BCUT2D eigenvalue weighted by atomic mass is 10.0. The molecular formula is C19H21BrN2O3. The number of nitrogens with one attached hydrogen (secondary N) is 2. The third-order valence-electron chi connectivity index (χ3n) is 3.70. The maximum absolute atomic E-state index is 12.6. The molecule has 0 heterocycles. The Morgan fingerprint density at radius 3 is 2.28 bits per heavy atom. The second-order valence-electron chi connectivity index (χ2n) is 5.89. The number of rotatable bonds is 6. The van der Waals surface area contributed by atoms with Gasteiger partial charge in [-0.2, -0.15) is 0 Å². The van der Waals surface area contributed by atoms with Crippen LogP contribution >= 0.6 is 15.9 Å². The minimum atomic E-state index is -0.666. The zero-order valence-electron chi connectivity index (χ0n) is 14.4. The minimum Gasteiger partial charge on any atom is -0.496 e. The molecule has 0 radical (unpaired) electrons. The van der Waals surface area contributed by atoms with Gasteiger partial charge in [0.1, 0.15) is 11.8 Å². The van der Waals surface area contributed by atoms with Gasteiger partial charge in [-0.1, -0.05) is 41.9 Å². The number of carbonyl (C=O) groups is 2. The van der Waals surface area contributed by atoms with Crippen molar-refractivity contribution in [1.29, 1.82) is 0 Å². The van der Waals surface area contributed by atoms with E-state index in [1.54, 1.807) is 36.4 Å². The predicted octanol–water partition coefficient (Wildman–Crippen LogP) is 3.85. The van der Waals surface area contributed by atoms with Crippen LogP contribution in [-0.4, -0.2) is 25.0 Å². The Morgan fingerprint density at radius 2 is 1.68 bits per heavy atom. The first-order chi connectivity index (χ1) is 11.9. The van der Waals surface area contributed by atoms with E-state index in [-0.39, 0.29) is 17.7 Å². The maximum Gasteiger partial charge on any atom is 0.255 e. The number of benzene rings is 2. The van der Waals surface area contributed by atoms with E-state index in [9.17, 15) is 9.59 Å². The number of halogens is 1. The number of hydrogen-bond acceptors (Lipinski definition) is 3. The summed E-state index contributed by atoms with van der Waals surface area (Å²) in [4.78, 5) is 25.2. The molecule has 2 aromatic carbocycles. The van der Waals surface area contributed by atoms with Crippen molar-refractivity contribution in [1.82, 2.24) is 5.32 Å². The highest BCUT2D eigenvalue weighted by Crippen LogP contribution is 2.18. The van der Waals surface area contributed by atoms with E-state index in [1.165, 1.54) is 7.11 Å². The molecule has 2 rings (SSSR count). The standard InChI is InChI=1S/C19H21BrN2O3/c1-12(2)17(19(24)21-14-10-8-13(20)9-11-14)22-18(23)15-6-4-5-7-16(15)25-3/h4-12,17H,1-3H3,(H,21,24)(H,22,23)/t17-/m0/s1. The summed E-state index contributed by atoms with van der Waals surface area (Å²) in [6, 6.07) is 13.5. The number of amides is 2. The van der Waals surface area contributed by atoms with E-state index in [4.69, 9.17) is 4.74 Å². The van der Waals surface area contributed by atoms with Gasteiger partial charge in [0.15, 0.2) is 0 Å². The second kappa shape index (κ2) is 8.67. The van der Waals surface area contributed by atoms with Crippen LogP contribution in [0.25, 0.3) is 0 Å². The van der Waals surface area contributed by atoms with Crippen LogP contribution in [0, 0.1) is 5.92 Å². The fourth-order valence-corrected chi connectivity index (χ4v) is 2.60. The van der Waals surface area contributed by atoms with Gasteiger partial charge >= 0.3 is 0 Å². The van der Waals surface area contributed by atoms with Crippen molar-refractivity contribution in [2.45, 2.75) is 19.9 Å². The molecule has 0 spiro atoms. The third kappa shape index (κ3) is 5.06. The topological polar surface area (TPSA) is 67.4 Å². The van der Waals surface area contributed by atoms with E-state index in [0.29, 0.717) is 17.0 Å². The fraction of sp³-hybridized carbons (Fsp3) is 0.263. The summed E-state index contributed by atoms with van der Waals surface area (Å²) >= 11 is 3.35. The minimum absolute atomic E-state index is 0.0749. The van der Waals surface area contributed by atoms with Gasteiger partial charge in [-0.25, -0.2) is 0 Å². The summed E-state index contributed by atoms with van der Waals surface area (Å²) in [6.07, 6.45) is 0. The lowest BCUT2D eigenvalue weighted by Crippen LogP contribution is -2.47. The molecule has 0 fully saturated rings. The quantitative estimate of drug-likeness (QED) is 0.767. The molecule has 2 N–H and O–H groups in total. The first kappa shape index (κ1) is 19.0. The summed E-state index contributed by atoms with van der Waals surface area (Å²) in [5.41, 5.74) is 1.07. The van der Waals surface area contributed by atoms with Crippen LogP contribution in [0.1, 0.15) is 24.2 Å². The average Bonchev–Trinajstić information content (AvgIpc) is 2.60. The Morgan fingerprint density at radius 1 is 1.04 bits per heavy atom. The zero-order chi connectivity index (χ0) is 18.4. The Balaban J connectivity index is 2.13. The van der Waals surface area contributed by atoms with Crippen molar-refractivity contribution < 1.29 is 14.3 Å². The summed E-state index contributed by atoms with van der Waals surface area (Å²) in [7, 11) is 1.51. The van der Waals surface area contributed by atoms with Crippen LogP contribution in [-0.2, 0) is 4.79 Å². The summed E-state index contributed by atoms with van der Waals surface area (Å²) in [5, 5.41) is 5.63. The van der Waals surface area contributed by atoms with Crippen LogP contribution in [0.2, 0.25) is 0 Å². The van der Waals surface area contributed by atoms with Crippen molar-refractivity contribution in [2.75, 3.05) is 12.4 Å². The van der Waals surface area contributed by atoms with Gasteiger partial charge in [0.05, 0.1) is 12.7 Å². The number of anilines is 1. The molecule has 1 atom stereocenters. The molecule has 132 valence electrons. The molecule has 6 heteroatoms. The first-order valence-corrected chi connectivity index (χ1v) is 8.72. The molecular weight excluding hydrogens is 384 g/mol. The number of carbonyl (C=O) groups excluding carboxylic acids is 2. The molecule has 0 saturated carbocycles. The van der Waals surface area contributed by atoms with E-state index >= 15 is 0 Å². The summed E-state index contributed by atoms with van der Waals surface area (Å²) in [6.45, 7) is 3.77. The highest BCUT2D eigenvalue weighted by atomic mass is 79.9. The van der Waals surface area contributed by atoms with E-state index < -0.39 is 6.04 Å². The Labute approximate surface area is 155 Å². The van der Waals surface area contributed by atoms with Gasteiger partial charge < -0.3 is 15.4 Å². The fourth-order valence-electron chi connectivity index (χ4n) is 2.34. The molecule has 0 unspecified atom stereocenters. The Kier molecular flexibility index (Phi) is 6.58. The normalized spacial score (nSPS) is 11.7. The van der Waals surface area contributed by atoms with E-state index in [2.05, 4.69) is 26.6 Å². The van der Waals surface area contributed by atoms with Gasteiger partial charge in [0, 0.05) is 10.2 Å². The van der Waals surface area contributed by atoms with Gasteiger partial charge in [-0.15, -0.1) is 0 Å². The summed E-state index contributed by atoms with van der Waals surface area (Å²) in [5.74, 6) is -0.215. The highest BCUT2D eigenvalue weighted by Gasteiger charge is 2.25. The molecule has 0 bridgehead atoms. The molecule has 25 heavy (non-hydrogen) atoms. The Bertz CT molecular complexity index is 745. The van der Waals surface area contributed by atoms with Crippen LogP contribution in [0.3, 0.4) is 0 Å². The molecule has 0 aromatic heterocycles. The third-order valence-corrected chi connectivity index (χ3v) is 4.23. The van der Waals surface area contributed by atoms with Gasteiger partial charge in [-0.05, 0) is 42.3 Å². The molecule has 0 aliphatic heterocycles. The molecule has 0 saturated heterocycles. The van der Waals surface area contributed by atoms with Crippen LogP contribution in [0.4, 0.5) is 5.69 Å². The van der Waals surface area contributed by atoms with Crippen molar-refractivity contribution in [3.63, 3.8) is 0 Å². The average molecular weight is 405 g/mol. The number of ether oxygens (including phenoxy) is 1. The molecule has 2 amide bonds. The largest absolute Gasteiger partial charge is 0.496 e. The molecule has 0 aliphatic carbocycles. The SMILES string of the molecule is COc1ccccc1C(=O)N[C@H](C(=O)Nc1ccc(Br)cc1)C(C)C. The van der Waals surface area contributed by atoms with Crippen LogP contribution in [0.15, 0.2) is 53.0 Å². The molecule has 0 aliphatic rings. The van der Waals surface area contributed by atoms with Crippen molar-refractivity contribution in [3.8, 4) is 5.75 Å². The highest BCUT2D eigenvalue weighted by molar-refractivity contribution is 9.10. The van der Waals surface area contributed by atoms with Crippen molar-refractivity contribution in [2.24, 2.45) is 5.92 Å². The second-order valence-corrected chi connectivity index (χ2v) is 6.81. The van der Waals surface area contributed by atoms with Gasteiger partial charge in [0.25, 0.3) is 5.91 Å². The van der Waals surface area contributed by atoms with Crippen LogP contribution in [0.5, 0.6) is 5.75 Å². The smallest absolute Gasteiger partial charge is 0.255 e. The van der Waals surface area contributed by atoms with Gasteiger partial charge in [-0.3, -0.25) is 9.59 Å². The lowest BCUT2D eigenvalue weighted by molar-refractivity contribution is -0.118. The first-order valence-electron chi connectivity index (χ1n) is 7.92. The monoisotopic (exact) mass is 404 g/mol. The molecule has 5 nitrogen and oxygen atoms in total. The number of hydrogen-bond donors (Lipinski definition) is 2. The predicted molar refractivity (Wildman–Crippen MR) is 102 cm³/mol. The van der Waals surface area contributed by atoms with Gasteiger partial charge in [0.2, 0.25) is 5.91 Å². The van der Waals surface area contributed by atoms with E-state index in [1.807, 2.05) is 26.0 Å². The van der Waals surface area contributed by atoms with Crippen LogP contribution < -0.4 is 15.4 Å². The number of methoxy groups -OCH3 is 1. The number of para-hydroxylation sites is 1. The lowest BCUT2D eigenvalue weighted by Gasteiger charge is -2.22. The van der Waals surface area contributed by atoms with E-state index in [0.717, 1.165) is 4.47 Å². The summed E-state index contributed by atoms with van der Waals surface area (Å²) < 4.78 is 6.14. The maximum atomic E-state index is 12.6. The van der Waals surface area contributed by atoms with Crippen molar-refractivity contribution >= 4 is 33.4 Å². The molecule has 2 aromatic rings. The van der Waals surface area contributed by atoms with Crippen molar-refractivity contribution in [3.05, 3.63) is 58.6 Å². The Hall–Kier alpha value is -2.34. The zero-order valence-corrected chi connectivity index (χ0v) is 16.0.